The first-order valence-corrected chi connectivity index (χ1v) is 9.80. The Bertz CT molecular complexity index is 917. The predicted octanol–water partition coefficient (Wildman–Crippen LogP) is 1.83. The fourth-order valence-electron chi connectivity index (χ4n) is 2.88. The number of nitrogens with zero attached hydrogens (tertiary/aromatic N) is 1. The van der Waals surface area contributed by atoms with Gasteiger partial charge in [0.15, 0.2) is 0 Å². The normalized spacial score (nSPS) is 17.1. The van der Waals surface area contributed by atoms with Gasteiger partial charge >= 0.3 is 0 Å². The van der Waals surface area contributed by atoms with E-state index in [0.29, 0.717) is 18.7 Å². The largest absolute Gasteiger partial charge is 0.386 e. The van der Waals surface area contributed by atoms with E-state index in [2.05, 4.69) is 5.32 Å². The Morgan fingerprint density at radius 1 is 1.23 bits per heavy atom. The van der Waals surface area contributed by atoms with Gasteiger partial charge in [-0.1, -0.05) is 24.3 Å². The van der Waals surface area contributed by atoms with Crippen LogP contribution in [0.4, 0.5) is 10.1 Å². The summed E-state index contributed by atoms with van der Waals surface area (Å²) in [5.41, 5.74) is 0.805. The van der Waals surface area contributed by atoms with Crippen molar-refractivity contribution < 1.29 is 22.7 Å². The van der Waals surface area contributed by atoms with Crippen molar-refractivity contribution >= 4 is 21.6 Å². The van der Waals surface area contributed by atoms with Crippen LogP contribution in [0.25, 0.3) is 0 Å². The third-order valence-electron chi connectivity index (χ3n) is 4.22. The van der Waals surface area contributed by atoms with Crippen molar-refractivity contribution in [1.82, 2.24) is 5.32 Å². The molecule has 6 nitrogen and oxygen atoms in total. The topological polar surface area (TPSA) is 86.7 Å². The number of benzene rings is 2. The number of carbonyl (C=O) groups is 1. The minimum atomic E-state index is -3.33. The van der Waals surface area contributed by atoms with Crippen molar-refractivity contribution in [1.29, 1.82) is 0 Å². The lowest BCUT2D eigenvalue weighted by atomic mass is 10.1. The zero-order valence-corrected chi connectivity index (χ0v) is 14.7. The van der Waals surface area contributed by atoms with Crippen LogP contribution in [-0.4, -0.2) is 38.3 Å². The molecule has 0 aromatic heterocycles. The van der Waals surface area contributed by atoms with Crippen molar-refractivity contribution in [2.45, 2.75) is 12.5 Å². The number of carbonyl (C=O) groups excluding carboxylic acids is 1. The van der Waals surface area contributed by atoms with Crippen LogP contribution in [0.15, 0.2) is 48.5 Å². The average molecular weight is 378 g/mol. The van der Waals surface area contributed by atoms with Crippen LogP contribution >= 0.6 is 0 Å². The fraction of sp³-hybridized carbons (Fsp3) is 0.278. The Balaban J connectivity index is 1.69. The molecule has 0 bridgehead atoms. The van der Waals surface area contributed by atoms with Gasteiger partial charge in [0.2, 0.25) is 10.0 Å². The van der Waals surface area contributed by atoms with E-state index in [1.165, 1.54) is 28.6 Å². The first-order valence-electron chi connectivity index (χ1n) is 8.19. The summed E-state index contributed by atoms with van der Waals surface area (Å²) in [7, 11) is -3.33. The van der Waals surface area contributed by atoms with E-state index in [1.807, 2.05) is 0 Å². The summed E-state index contributed by atoms with van der Waals surface area (Å²) in [4.78, 5) is 12.3. The van der Waals surface area contributed by atoms with Crippen molar-refractivity contribution in [3.05, 3.63) is 65.5 Å². The Labute approximate surface area is 151 Å². The summed E-state index contributed by atoms with van der Waals surface area (Å²) in [5.74, 6) is -0.924. The monoisotopic (exact) mass is 378 g/mol. The molecule has 0 aliphatic carbocycles. The van der Waals surface area contributed by atoms with Gasteiger partial charge in [0.1, 0.15) is 5.82 Å². The third-order valence-corrected chi connectivity index (χ3v) is 6.09. The quantitative estimate of drug-likeness (QED) is 0.831. The number of anilines is 1. The molecule has 1 unspecified atom stereocenters. The van der Waals surface area contributed by atoms with Gasteiger partial charge in [-0.25, -0.2) is 12.8 Å². The summed E-state index contributed by atoms with van der Waals surface area (Å²) in [6.45, 7) is 0.228. The molecule has 0 spiro atoms. The van der Waals surface area contributed by atoms with Gasteiger partial charge in [0.25, 0.3) is 5.91 Å². The fourth-order valence-corrected chi connectivity index (χ4v) is 4.43. The summed E-state index contributed by atoms with van der Waals surface area (Å²) in [6, 6.07) is 12.1. The number of aliphatic hydroxyl groups excluding tert-OH is 1. The molecule has 1 fully saturated rings. The first-order chi connectivity index (χ1) is 12.4. The molecule has 0 radical (unpaired) electrons. The second-order valence-corrected chi connectivity index (χ2v) is 8.05. The molecule has 2 aromatic carbocycles. The van der Waals surface area contributed by atoms with Crippen LogP contribution in [0.1, 0.15) is 28.4 Å². The van der Waals surface area contributed by atoms with E-state index in [1.54, 1.807) is 24.3 Å². The molecule has 2 aromatic rings. The number of hydrogen-bond acceptors (Lipinski definition) is 4. The van der Waals surface area contributed by atoms with Crippen LogP contribution in [0.5, 0.6) is 0 Å². The van der Waals surface area contributed by atoms with Crippen LogP contribution < -0.4 is 9.62 Å². The summed E-state index contributed by atoms with van der Waals surface area (Å²) in [5, 5.41) is 12.6. The van der Waals surface area contributed by atoms with Crippen molar-refractivity contribution in [2.75, 3.05) is 23.1 Å². The lowest BCUT2D eigenvalue weighted by Gasteiger charge is -2.18. The van der Waals surface area contributed by atoms with Gasteiger partial charge in [0.05, 0.1) is 17.5 Å². The van der Waals surface area contributed by atoms with Crippen LogP contribution in [0, 0.1) is 5.82 Å². The van der Waals surface area contributed by atoms with Gasteiger partial charge in [-0.3, -0.25) is 9.10 Å². The Morgan fingerprint density at radius 3 is 2.69 bits per heavy atom. The highest BCUT2D eigenvalue weighted by molar-refractivity contribution is 7.93. The van der Waals surface area contributed by atoms with Gasteiger partial charge in [0, 0.05) is 24.2 Å². The molecule has 1 saturated heterocycles. The highest BCUT2D eigenvalue weighted by atomic mass is 32.2. The highest BCUT2D eigenvalue weighted by Crippen LogP contribution is 2.24. The molecule has 1 heterocycles. The average Bonchev–Trinajstić information content (AvgIpc) is 2.99. The minimum Gasteiger partial charge on any atom is -0.386 e. The number of amides is 1. The highest BCUT2D eigenvalue weighted by Gasteiger charge is 2.28. The lowest BCUT2D eigenvalue weighted by molar-refractivity contribution is 0.0914. The van der Waals surface area contributed by atoms with Crippen molar-refractivity contribution in [3.8, 4) is 0 Å². The minimum absolute atomic E-state index is 0.0955. The van der Waals surface area contributed by atoms with E-state index in [-0.39, 0.29) is 23.4 Å². The summed E-state index contributed by atoms with van der Waals surface area (Å²) in [6.07, 6.45) is -0.629. The van der Waals surface area contributed by atoms with Gasteiger partial charge < -0.3 is 10.4 Å². The molecule has 1 aliphatic heterocycles. The van der Waals surface area contributed by atoms with E-state index < -0.39 is 27.9 Å². The van der Waals surface area contributed by atoms with Gasteiger partial charge in [-0.15, -0.1) is 0 Å². The van der Waals surface area contributed by atoms with E-state index in [4.69, 9.17) is 0 Å². The SMILES string of the molecule is O=C(NCC(O)c1ccccc1F)c1cccc(N2CCCS2(=O)=O)c1. The Kier molecular flexibility index (Phi) is 5.24. The van der Waals surface area contributed by atoms with Gasteiger partial charge in [-0.2, -0.15) is 0 Å². The Morgan fingerprint density at radius 2 is 2.00 bits per heavy atom. The number of rotatable bonds is 5. The molecule has 1 atom stereocenters. The van der Waals surface area contributed by atoms with Crippen LogP contribution in [0.2, 0.25) is 0 Å². The molecular formula is C18H19FN2O4S. The number of halogens is 1. The molecular weight excluding hydrogens is 359 g/mol. The second-order valence-electron chi connectivity index (χ2n) is 6.04. The predicted molar refractivity (Wildman–Crippen MR) is 95.9 cm³/mol. The molecule has 1 aliphatic rings. The molecule has 138 valence electrons. The summed E-state index contributed by atoms with van der Waals surface area (Å²) < 4.78 is 38.9. The molecule has 2 N–H and O–H groups in total. The van der Waals surface area contributed by atoms with Crippen molar-refractivity contribution in [3.63, 3.8) is 0 Å². The second kappa shape index (κ2) is 7.43. The molecule has 0 saturated carbocycles. The maximum atomic E-state index is 13.7. The molecule has 26 heavy (non-hydrogen) atoms. The van der Waals surface area contributed by atoms with Crippen LogP contribution in [0.3, 0.4) is 0 Å². The number of sulfonamides is 1. The van der Waals surface area contributed by atoms with Crippen LogP contribution in [-0.2, 0) is 10.0 Å². The molecule has 1 amide bonds. The maximum Gasteiger partial charge on any atom is 0.251 e. The number of hydrogen-bond donors (Lipinski definition) is 2. The third kappa shape index (κ3) is 3.86. The zero-order valence-electron chi connectivity index (χ0n) is 13.9. The zero-order chi connectivity index (χ0) is 18.7. The number of nitrogens with one attached hydrogen (secondary N) is 1. The first kappa shape index (κ1) is 18.3. The Hall–Kier alpha value is -2.45. The summed E-state index contributed by atoms with van der Waals surface area (Å²) >= 11 is 0. The number of aliphatic hydroxyl groups is 1. The van der Waals surface area contributed by atoms with Gasteiger partial charge in [-0.05, 0) is 30.7 Å². The van der Waals surface area contributed by atoms with Crippen molar-refractivity contribution in [2.24, 2.45) is 0 Å². The maximum absolute atomic E-state index is 13.7. The van der Waals surface area contributed by atoms with E-state index in [0.717, 1.165) is 0 Å². The molecule has 8 heteroatoms. The molecule has 3 rings (SSSR count). The lowest BCUT2D eigenvalue weighted by Crippen LogP contribution is -2.29. The standard InChI is InChI=1S/C18H19FN2O4S/c19-16-8-2-1-7-15(16)17(22)12-20-18(23)13-5-3-6-14(11-13)21-9-4-10-26(21,24)25/h1-3,5-8,11,17,22H,4,9-10,12H2,(H,20,23). The van der Waals surface area contributed by atoms with E-state index >= 15 is 0 Å². The smallest absolute Gasteiger partial charge is 0.251 e. The van der Waals surface area contributed by atoms with E-state index in [9.17, 15) is 22.7 Å².